The first-order chi connectivity index (χ1) is 18.8. The smallest absolute Gasteiger partial charge is 0.387 e. The van der Waals surface area contributed by atoms with Gasteiger partial charge in [0.05, 0.1) is 12.7 Å². The highest BCUT2D eigenvalue weighted by Crippen LogP contribution is 2.48. The van der Waals surface area contributed by atoms with Crippen molar-refractivity contribution in [2.75, 3.05) is 38.2 Å². The van der Waals surface area contributed by atoms with Crippen LogP contribution in [0.15, 0.2) is 42.5 Å². The van der Waals surface area contributed by atoms with E-state index in [1.165, 1.54) is 0 Å². The van der Waals surface area contributed by atoms with Gasteiger partial charge in [-0.15, -0.1) is 0 Å². The highest BCUT2D eigenvalue weighted by atomic mass is 19.3. The van der Waals surface area contributed by atoms with Gasteiger partial charge in [0.2, 0.25) is 0 Å². The first-order valence-electron chi connectivity index (χ1n) is 14.0. The second-order valence-corrected chi connectivity index (χ2v) is 11.4. The van der Waals surface area contributed by atoms with E-state index in [1.807, 2.05) is 30.3 Å². The minimum absolute atomic E-state index is 0.0147. The molecule has 0 radical (unpaired) electrons. The SMILES string of the molecule is C[C@@H]1Cc2c([nH]c3ccccc23)[C@@H](c2ccc(N[C@H]3CCN(CCCF)C3)cc2OC(F)F)N1CC1(F)CC1. The highest BCUT2D eigenvalue weighted by Gasteiger charge is 2.48. The zero-order chi connectivity index (χ0) is 27.1. The van der Waals surface area contributed by atoms with Crippen molar-refractivity contribution >= 4 is 16.6 Å². The van der Waals surface area contributed by atoms with Crippen molar-refractivity contribution in [3.63, 3.8) is 0 Å². The van der Waals surface area contributed by atoms with Gasteiger partial charge in [-0.3, -0.25) is 9.29 Å². The number of anilines is 1. The largest absolute Gasteiger partial charge is 0.434 e. The Morgan fingerprint density at radius 1 is 1.18 bits per heavy atom. The summed E-state index contributed by atoms with van der Waals surface area (Å²) < 4.78 is 60.4. The van der Waals surface area contributed by atoms with Crippen LogP contribution in [0, 0.1) is 0 Å². The number of halogens is 4. The molecule has 3 heterocycles. The fraction of sp³-hybridized carbons (Fsp3) is 0.533. The molecule has 0 spiro atoms. The van der Waals surface area contributed by atoms with Gasteiger partial charge in [0.1, 0.15) is 11.4 Å². The van der Waals surface area contributed by atoms with E-state index in [2.05, 4.69) is 33.1 Å². The van der Waals surface area contributed by atoms with Gasteiger partial charge in [-0.25, -0.2) is 4.39 Å². The lowest BCUT2D eigenvalue weighted by molar-refractivity contribution is -0.0513. The predicted molar refractivity (Wildman–Crippen MR) is 145 cm³/mol. The van der Waals surface area contributed by atoms with Gasteiger partial charge >= 0.3 is 6.61 Å². The summed E-state index contributed by atoms with van der Waals surface area (Å²) >= 11 is 0. The van der Waals surface area contributed by atoms with Crippen molar-refractivity contribution in [1.29, 1.82) is 0 Å². The van der Waals surface area contributed by atoms with Gasteiger partial charge in [-0.05, 0) is 56.7 Å². The maximum absolute atomic E-state index is 15.2. The van der Waals surface area contributed by atoms with Crippen molar-refractivity contribution in [2.45, 2.75) is 69.4 Å². The Morgan fingerprint density at radius 3 is 2.77 bits per heavy atom. The zero-order valence-electron chi connectivity index (χ0n) is 22.2. The number of para-hydroxylation sites is 1. The van der Waals surface area contributed by atoms with E-state index in [1.54, 1.807) is 6.07 Å². The molecular weight excluding hydrogens is 508 g/mol. The number of fused-ring (bicyclic) bond motifs is 3. The van der Waals surface area contributed by atoms with Gasteiger partial charge in [-0.1, -0.05) is 24.3 Å². The van der Waals surface area contributed by atoms with Crippen LogP contribution in [0.25, 0.3) is 10.9 Å². The summed E-state index contributed by atoms with van der Waals surface area (Å²) in [6.45, 7) is 1.38. The summed E-state index contributed by atoms with van der Waals surface area (Å²) in [4.78, 5) is 7.87. The van der Waals surface area contributed by atoms with E-state index in [0.29, 0.717) is 37.1 Å². The molecule has 1 saturated carbocycles. The summed E-state index contributed by atoms with van der Waals surface area (Å²) in [7, 11) is 0. The number of H-pyrrole nitrogens is 1. The van der Waals surface area contributed by atoms with Gasteiger partial charge in [0.25, 0.3) is 0 Å². The third kappa shape index (κ3) is 5.48. The number of nitrogens with zero attached hydrogens (tertiary/aromatic N) is 2. The fourth-order valence-corrected chi connectivity index (χ4v) is 6.43. The summed E-state index contributed by atoms with van der Waals surface area (Å²) in [6.07, 6.45) is 3.20. The standard InChI is InChI=1S/C30H36F4N4O/c1-19-15-24-22-5-2-3-6-25(22)36-27(24)28(38(19)18-30(34)10-11-30)23-8-7-20(16-26(23)39-29(32)33)35-21-9-14-37(17-21)13-4-12-31/h2-3,5-8,16,19,21,28-29,35-36H,4,9-15,17-18H2,1H3/t19-,21+,28-/m1/s1. The number of nitrogens with one attached hydrogen (secondary N) is 2. The Morgan fingerprint density at radius 2 is 2.00 bits per heavy atom. The molecule has 1 saturated heterocycles. The van der Waals surface area contributed by atoms with Crippen molar-refractivity contribution in [3.05, 3.63) is 59.3 Å². The van der Waals surface area contributed by atoms with E-state index in [-0.39, 0.29) is 31.1 Å². The monoisotopic (exact) mass is 544 g/mol. The molecule has 3 atom stereocenters. The van der Waals surface area contributed by atoms with Crippen molar-refractivity contribution in [1.82, 2.24) is 14.8 Å². The van der Waals surface area contributed by atoms with E-state index in [0.717, 1.165) is 48.1 Å². The lowest BCUT2D eigenvalue weighted by Gasteiger charge is -2.42. The molecule has 1 aliphatic carbocycles. The molecular formula is C30H36F4N4O. The number of alkyl halides is 4. The molecule has 2 aliphatic heterocycles. The number of likely N-dealkylation sites (tertiary alicyclic amines) is 1. The molecule has 5 nitrogen and oxygen atoms in total. The number of rotatable bonds is 10. The number of benzene rings is 2. The molecule has 6 rings (SSSR count). The Bertz CT molecular complexity index is 1310. The first kappa shape index (κ1) is 26.4. The van der Waals surface area contributed by atoms with E-state index in [4.69, 9.17) is 4.74 Å². The van der Waals surface area contributed by atoms with Crippen LogP contribution in [-0.4, -0.2) is 72.0 Å². The lowest BCUT2D eigenvalue weighted by Crippen LogP contribution is -2.46. The zero-order valence-corrected chi connectivity index (χ0v) is 22.2. The first-order valence-corrected chi connectivity index (χ1v) is 14.0. The van der Waals surface area contributed by atoms with E-state index >= 15 is 4.39 Å². The molecule has 3 aromatic rings. The van der Waals surface area contributed by atoms with Crippen LogP contribution in [0.5, 0.6) is 5.75 Å². The lowest BCUT2D eigenvalue weighted by atomic mass is 9.87. The molecule has 3 aliphatic rings. The minimum atomic E-state index is -2.99. The van der Waals surface area contributed by atoms with E-state index in [9.17, 15) is 13.2 Å². The summed E-state index contributed by atoms with van der Waals surface area (Å²) in [5.74, 6) is 0.0969. The van der Waals surface area contributed by atoms with Crippen LogP contribution in [0.4, 0.5) is 23.2 Å². The quantitative estimate of drug-likeness (QED) is 0.288. The maximum atomic E-state index is 15.2. The minimum Gasteiger partial charge on any atom is -0.434 e. The molecule has 2 fully saturated rings. The Labute approximate surface area is 226 Å². The summed E-state index contributed by atoms with van der Waals surface area (Å²) in [5, 5.41) is 4.57. The third-order valence-electron chi connectivity index (χ3n) is 8.55. The van der Waals surface area contributed by atoms with Crippen LogP contribution in [0.1, 0.15) is 55.5 Å². The van der Waals surface area contributed by atoms with Crippen LogP contribution >= 0.6 is 0 Å². The summed E-state index contributed by atoms with van der Waals surface area (Å²) in [5.41, 5.74) is 3.10. The molecule has 210 valence electrons. The van der Waals surface area contributed by atoms with Crippen molar-refractivity contribution < 1.29 is 22.3 Å². The highest BCUT2D eigenvalue weighted by molar-refractivity contribution is 5.85. The topological polar surface area (TPSA) is 43.5 Å². The molecule has 39 heavy (non-hydrogen) atoms. The van der Waals surface area contributed by atoms with Gasteiger partial charge in [-0.2, -0.15) is 8.78 Å². The van der Waals surface area contributed by atoms with Crippen LogP contribution in [0.2, 0.25) is 0 Å². The predicted octanol–water partition coefficient (Wildman–Crippen LogP) is 6.45. The average molecular weight is 545 g/mol. The fourth-order valence-electron chi connectivity index (χ4n) is 6.43. The number of hydrogen-bond acceptors (Lipinski definition) is 4. The maximum Gasteiger partial charge on any atom is 0.387 e. The molecule has 0 unspecified atom stereocenters. The van der Waals surface area contributed by atoms with Crippen LogP contribution < -0.4 is 10.1 Å². The molecule has 1 aromatic heterocycles. The normalized spacial score (nSPS) is 24.8. The van der Waals surface area contributed by atoms with Gasteiger partial charge in [0, 0.05) is 72.2 Å². The van der Waals surface area contributed by atoms with Crippen LogP contribution in [0.3, 0.4) is 0 Å². The molecule has 2 aromatic carbocycles. The second-order valence-electron chi connectivity index (χ2n) is 11.4. The molecule has 0 amide bonds. The Kier molecular flexibility index (Phi) is 7.22. The summed E-state index contributed by atoms with van der Waals surface area (Å²) in [6, 6.07) is 13.2. The number of aromatic nitrogens is 1. The number of hydrogen-bond donors (Lipinski definition) is 2. The van der Waals surface area contributed by atoms with Gasteiger partial charge in [0.15, 0.2) is 0 Å². The molecule has 9 heteroatoms. The van der Waals surface area contributed by atoms with Crippen molar-refractivity contribution in [3.8, 4) is 5.75 Å². The Balaban J connectivity index is 1.36. The van der Waals surface area contributed by atoms with Crippen molar-refractivity contribution in [2.24, 2.45) is 0 Å². The second kappa shape index (κ2) is 10.7. The Hall–Kier alpha value is -2.78. The van der Waals surface area contributed by atoms with Gasteiger partial charge < -0.3 is 19.9 Å². The number of aromatic amines is 1. The third-order valence-corrected chi connectivity index (χ3v) is 8.55. The number of ether oxygens (including phenoxy) is 1. The molecule has 0 bridgehead atoms. The molecule has 2 N–H and O–H groups in total. The average Bonchev–Trinajstić information content (AvgIpc) is 3.29. The van der Waals surface area contributed by atoms with Crippen LogP contribution in [-0.2, 0) is 6.42 Å². The van der Waals surface area contributed by atoms with E-state index < -0.39 is 18.3 Å².